The van der Waals surface area contributed by atoms with Gasteiger partial charge in [0.1, 0.15) is 5.82 Å². The standard InChI is InChI=1S/C20H21FN4O2/c21-17-5-2-1-4-15(17)13-23-8-10-24(11-9-23)14-16-12-19(27)25-7-3-6-18(26)20(25)22-16/h1-7,12,26H,8-11,13-14H2. The van der Waals surface area contributed by atoms with Crippen LogP contribution in [-0.2, 0) is 13.1 Å². The van der Waals surface area contributed by atoms with Crippen LogP contribution in [0.15, 0.2) is 53.5 Å². The molecule has 1 saturated heterocycles. The molecule has 27 heavy (non-hydrogen) atoms. The number of halogens is 1. The van der Waals surface area contributed by atoms with Gasteiger partial charge in [-0.3, -0.25) is 19.0 Å². The van der Waals surface area contributed by atoms with E-state index in [-0.39, 0.29) is 22.8 Å². The summed E-state index contributed by atoms with van der Waals surface area (Å²) in [6.45, 7) is 4.43. The van der Waals surface area contributed by atoms with Crippen molar-refractivity contribution < 1.29 is 9.50 Å². The molecule has 1 aliphatic rings. The third kappa shape index (κ3) is 3.84. The number of nitrogens with zero attached hydrogens (tertiary/aromatic N) is 4. The summed E-state index contributed by atoms with van der Waals surface area (Å²) >= 11 is 0. The number of aromatic hydroxyl groups is 1. The summed E-state index contributed by atoms with van der Waals surface area (Å²) in [4.78, 5) is 21.1. The van der Waals surface area contributed by atoms with Gasteiger partial charge in [-0.25, -0.2) is 9.37 Å². The van der Waals surface area contributed by atoms with Crippen LogP contribution in [0.1, 0.15) is 11.3 Å². The average molecular weight is 368 g/mol. The van der Waals surface area contributed by atoms with Crippen molar-refractivity contribution in [2.24, 2.45) is 0 Å². The average Bonchev–Trinajstić information content (AvgIpc) is 2.66. The lowest BCUT2D eigenvalue weighted by atomic mass is 10.2. The second-order valence-corrected chi connectivity index (χ2v) is 6.82. The maximum Gasteiger partial charge on any atom is 0.258 e. The molecule has 2 aromatic heterocycles. The van der Waals surface area contributed by atoms with Crippen LogP contribution >= 0.6 is 0 Å². The molecule has 0 spiro atoms. The van der Waals surface area contributed by atoms with Crippen LogP contribution in [-0.4, -0.2) is 50.5 Å². The SMILES string of the molecule is O=c1cc(CN2CCN(Cc3ccccc3F)CC2)nc2c(O)cccn12. The topological polar surface area (TPSA) is 61.1 Å². The van der Waals surface area contributed by atoms with E-state index in [1.807, 2.05) is 12.1 Å². The Morgan fingerprint density at radius 3 is 2.44 bits per heavy atom. The minimum Gasteiger partial charge on any atom is -0.504 e. The van der Waals surface area contributed by atoms with Gasteiger partial charge in [-0.2, -0.15) is 0 Å². The molecule has 0 bridgehead atoms. The Morgan fingerprint density at radius 2 is 1.70 bits per heavy atom. The Balaban J connectivity index is 1.41. The summed E-state index contributed by atoms with van der Waals surface area (Å²) in [7, 11) is 0. The molecule has 140 valence electrons. The van der Waals surface area contributed by atoms with Crippen LogP contribution < -0.4 is 5.56 Å². The lowest BCUT2D eigenvalue weighted by molar-refractivity contribution is 0.120. The molecular formula is C20H21FN4O2. The van der Waals surface area contributed by atoms with Crippen LogP contribution in [0.4, 0.5) is 4.39 Å². The first-order valence-corrected chi connectivity index (χ1v) is 8.98. The van der Waals surface area contributed by atoms with Gasteiger partial charge in [-0.1, -0.05) is 18.2 Å². The number of rotatable bonds is 4. The van der Waals surface area contributed by atoms with Gasteiger partial charge >= 0.3 is 0 Å². The molecule has 3 aromatic rings. The predicted molar refractivity (Wildman–Crippen MR) is 100 cm³/mol. The number of aromatic nitrogens is 2. The number of hydrogen-bond donors (Lipinski definition) is 1. The van der Waals surface area contributed by atoms with E-state index < -0.39 is 0 Å². The second kappa shape index (κ2) is 7.46. The maximum absolute atomic E-state index is 13.8. The Bertz CT molecular complexity index is 1010. The Morgan fingerprint density at radius 1 is 1.00 bits per heavy atom. The molecule has 0 aliphatic carbocycles. The minimum absolute atomic E-state index is 0.00819. The first-order chi connectivity index (χ1) is 13.1. The minimum atomic E-state index is -0.205. The summed E-state index contributed by atoms with van der Waals surface area (Å²) in [5.41, 5.74) is 1.43. The molecule has 3 heterocycles. The van der Waals surface area contributed by atoms with Crippen molar-refractivity contribution in [2.75, 3.05) is 26.2 Å². The molecule has 1 aromatic carbocycles. The fraction of sp³-hybridized carbons (Fsp3) is 0.300. The van der Waals surface area contributed by atoms with Crippen LogP contribution in [0.25, 0.3) is 5.65 Å². The molecule has 0 amide bonds. The number of pyridine rings is 1. The van der Waals surface area contributed by atoms with Crippen molar-refractivity contribution in [2.45, 2.75) is 13.1 Å². The van der Waals surface area contributed by atoms with Gasteiger partial charge in [-0.05, 0) is 18.2 Å². The molecule has 0 unspecified atom stereocenters. The van der Waals surface area contributed by atoms with E-state index in [0.29, 0.717) is 24.3 Å². The van der Waals surface area contributed by atoms with E-state index in [1.54, 1.807) is 18.3 Å². The van der Waals surface area contributed by atoms with Gasteiger partial charge in [0.2, 0.25) is 0 Å². The van der Waals surface area contributed by atoms with E-state index in [0.717, 1.165) is 26.2 Å². The Hall–Kier alpha value is -2.77. The fourth-order valence-electron chi connectivity index (χ4n) is 3.44. The Kier molecular flexibility index (Phi) is 4.87. The quantitative estimate of drug-likeness (QED) is 0.762. The van der Waals surface area contributed by atoms with Crippen molar-refractivity contribution in [1.29, 1.82) is 0 Å². The summed E-state index contributed by atoms with van der Waals surface area (Å²) in [5, 5.41) is 9.95. The van der Waals surface area contributed by atoms with Gasteiger partial charge in [0.15, 0.2) is 11.4 Å². The molecular weight excluding hydrogens is 347 g/mol. The highest BCUT2D eigenvalue weighted by Gasteiger charge is 2.19. The van der Waals surface area contributed by atoms with Gasteiger partial charge in [0, 0.05) is 57.1 Å². The number of hydrogen-bond acceptors (Lipinski definition) is 5. The maximum atomic E-state index is 13.8. The van der Waals surface area contributed by atoms with Crippen molar-refractivity contribution >= 4 is 5.65 Å². The van der Waals surface area contributed by atoms with Gasteiger partial charge in [0.25, 0.3) is 5.56 Å². The molecule has 1 aliphatic heterocycles. The van der Waals surface area contributed by atoms with Crippen LogP contribution in [0.3, 0.4) is 0 Å². The normalized spacial score (nSPS) is 16.0. The molecule has 7 heteroatoms. The predicted octanol–water partition coefficient (Wildman–Crippen LogP) is 1.86. The van der Waals surface area contributed by atoms with Crippen LogP contribution in [0, 0.1) is 5.82 Å². The van der Waals surface area contributed by atoms with Gasteiger partial charge in [0.05, 0.1) is 5.69 Å². The molecule has 1 fully saturated rings. The number of benzene rings is 1. The summed E-state index contributed by atoms with van der Waals surface area (Å²) < 4.78 is 15.1. The molecule has 1 N–H and O–H groups in total. The number of piperazine rings is 1. The third-order valence-electron chi connectivity index (χ3n) is 4.93. The highest BCUT2D eigenvalue weighted by Crippen LogP contribution is 2.16. The zero-order valence-electron chi connectivity index (χ0n) is 14.9. The smallest absolute Gasteiger partial charge is 0.258 e. The fourth-order valence-corrected chi connectivity index (χ4v) is 3.44. The highest BCUT2D eigenvalue weighted by atomic mass is 19.1. The zero-order valence-corrected chi connectivity index (χ0v) is 14.9. The first kappa shape index (κ1) is 17.6. The monoisotopic (exact) mass is 368 g/mol. The van der Waals surface area contributed by atoms with E-state index in [1.165, 1.54) is 22.6 Å². The lowest BCUT2D eigenvalue weighted by Gasteiger charge is -2.34. The Labute approximate surface area is 156 Å². The van der Waals surface area contributed by atoms with E-state index in [2.05, 4.69) is 14.8 Å². The molecule has 4 rings (SSSR count). The molecule has 6 nitrogen and oxygen atoms in total. The van der Waals surface area contributed by atoms with Crippen molar-refractivity contribution in [3.63, 3.8) is 0 Å². The lowest BCUT2D eigenvalue weighted by Crippen LogP contribution is -2.45. The largest absolute Gasteiger partial charge is 0.504 e. The van der Waals surface area contributed by atoms with Crippen molar-refractivity contribution in [1.82, 2.24) is 19.2 Å². The van der Waals surface area contributed by atoms with Gasteiger partial charge < -0.3 is 5.11 Å². The summed E-state index contributed by atoms with van der Waals surface area (Å²) in [6.07, 6.45) is 1.59. The molecule has 0 radical (unpaired) electrons. The highest BCUT2D eigenvalue weighted by molar-refractivity contribution is 5.52. The van der Waals surface area contributed by atoms with E-state index >= 15 is 0 Å². The second-order valence-electron chi connectivity index (χ2n) is 6.82. The summed E-state index contributed by atoms with van der Waals surface area (Å²) in [6, 6.07) is 11.5. The first-order valence-electron chi connectivity index (χ1n) is 8.98. The van der Waals surface area contributed by atoms with E-state index in [4.69, 9.17) is 0 Å². The number of fused-ring (bicyclic) bond motifs is 1. The van der Waals surface area contributed by atoms with Crippen LogP contribution in [0.5, 0.6) is 5.75 Å². The molecule has 0 atom stereocenters. The van der Waals surface area contributed by atoms with Crippen molar-refractivity contribution in [3.05, 3.63) is 76.1 Å². The molecule has 0 saturated carbocycles. The van der Waals surface area contributed by atoms with Gasteiger partial charge in [-0.15, -0.1) is 0 Å². The summed E-state index contributed by atoms with van der Waals surface area (Å²) in [5.74, 6) is -0.174. The van der Waals surface area contributed by atoms with E-state index in [9.17, 15) is 14.3 Å². The van der Waals surface area contributed by atoms with Crippen LogP contribution in [0.2, 0.25) is 0 Å². The third-order valence-corrected chi connectivity index (χ3v) is 4.93. The van der Waals surface area contributed by atoms with Crippen molar-refractivity contribution in [3.8, 4) is 5.75 Å². The zero-order chi connectivity index (χ0) is 18.8.